The van der Waals surface area contributed by atoms with Gasteiger partial charge in [-0.25, -0.2) is 9.78 Å². The number of carbonyl (C=O) groups is 1. The van der Waals surface area contributed by atoms with E-state index in [1.165, 1.54) is 6.20 Å². The zero-order chi connectivity index (χ0) is 12.1. The fourth-order valence-corrected chi connectivity index (χ4v) is 1.44. The molecule has 0 aliphatic heterocycles. The van der Waals surface area contributed by atoms with Crippen LogP contribution in [0.1, 0.15) is 30.8 Å². The van der Waals surface area contributed by atoms with Gasteiger partial charge < -0.3 is 10.0 Å². The van der Waals surface area contributed by atoms with Crippen molar-refractivity contribution in [3.63, 3.8) is 0 Å². The van der Waals surface area contributed by atoms with Gasteiger partial charge in [-0.1, -0.05) is 13.8 Å². The topological polar surface area (TPSA) is 53.4 Å². The molecule has 0 radical (unpaired) electrons. The monoisotopic (exact) mass is 222 g/mol. The summed E-state index contributed by atoms with van der Waals surface area (Å²) in [7, 11) is 1.89. The molecule has 1 heterocycles. The molecule has 88 valence electrons. The minimum absolute atomic E-state index is 0.119. The van der Waals surface area contributed by atoms with Crippen molar-refractivity contribution in [2.45, 2.75) is 20.3 Å². The van der Waals surface area contributed by atoms with Gasteiger partial charge in [-0.15, -0.1) is 0 Å². The number of anilines is 1. The van der Waals surface area contributed by atoms with Gasteiger partial charge in [0.25, 0.3) is 0 Å². The summed E-state index contributed by atoms with van der Waals surface area (Å²) in [5, 5.41) is 9.00. The third-order valence-corrected chi connectivity index (χ3v) is 2.44. The third kappa shape index (κ3) is 3.22. The molecule has 1 rings (SSSR count). The summed E-state index contributed by atoms with van der Waals surface area (Å²) in [6.07, 6.45) is 2.54. The van der Waals surface area contributed by atoms with Crippen molar-refractivity contribution in [2.75, 3.05) is 18.5 Å². The molecular formula is C12H18N2O2. The second-order valence-corrected chi connectivity index (χ2v) is 4.28. The number of aromatic nitrogens is 1. The number of carboxylic acid groups (broad SMARTS) is 1. The van der Waals surface area contributed by atoms with Crippen molar-refractivity contribution < 1.29 is 9.90 Å². The molecule has 0 unspecified atom stereocenters. The van der Waals surface area contributed by atoms with Crippen molar-refractivity contribution in [3.8, 4) is 0 Å². The molecule has 4 nitrogen and oxygen atoms in total. The van der Waals surface area contributed by atoms with E-state index in [9.17, 15) is 4.79 Å². The van der Waals surface area contributed by atoms with Crippen LogP contribution >= 0.6 is 0 Å². The quantitative estimate of drug-likeness (QED) is 0.830. The van der Waals surface area contributed by atoms with Crippen LogP contribution in [0.5, 0.6) is 0 Å². The average Bonchev–Trinajstić information content (AvgIpc) is 2.25. The van der Waals surface area contributed by atoms with Crippen LogP contribution in [0.4, 0.5) is 5.69 Å². The number of nitrogens with zero attached hydrogens (tertiary/aromatic N) is 2. The van der Waals surface area contributed by atoms with Crippen LogP contribution in [-0.2, 0) is 0 Å². The Kier molecular flexibility index (Phi) is 4.28. The Morgan fingerprint density at radius 2 is 2.25 bits per heavy atom. The highest BCUT2D eigenvalue weighted by atomic mass is 16.4. The summed E-state index contributed by atoms with van der Waals surface area (Å²) in [4.78, 5) is 16.8. The van der Waals surface area contributed by atoms with Gasteiger partial charge in [0.05, 0.1) is 5.69 Å². The molecule has 0 saturated carbocycles. The summed E-state index contributed by atoms with van der Waals surface area (Å²) in [6.45, 7) is 5.13. The Balaban J connectivity index is 2.82. The molecule has 0 fully saturated rings. The molecule has 0 saturated heterocycles. The number of hydrogen-bond acceptors (Lipinski definition) is 3. The van der Waals surface area contributed by atoms with Crippen molar-refractivity contribution in [3.05, 3.63) is 24.0 Å². The van der Waals surface area contributed by atoms with E-state index in [4.69, 9.17) is 5.11 Å². The lowest BCUT2D eigenvalue weighted by Gasteiger charge is -2.21. The van der Waals surface area contributed by atoms with Gasteiger partial charge in [-0.2, -0.15) is 0 Å². The summed E-state index contributed by atoms with van der Waals surface area (Å²) in [5.74, 6) is -0.376. The third-order valence-electron chi connectivity index (χ3n) is 2.44. The Morgan fingerprint density at radius 1 is 1.56 bits per heavy atom. The zero-order valence-electron chi connectivity index (χ0n) is 9.97. The van der Waals surface area contributed by atoms with E-state index in [1.807, 2.05) is 11.9 Å². The highest BCUT2D eigenvalue weighted by Gasteiger charge is 2.14. The van der Waals surface area contributed by atoms with Gasteiger partial charge in [0.15, 0.2) is 5.69 Å². The molecule has 1 aromatic rings. The number of carboxylic acids is 1. The molecule has 0 aromatic carbocycles. The predicted molar refractivity (Wildman–Crippen MR) is 63.9 cm³/mol. The highest BCUT2D eigenvalue weighted by molar-refractivity contribution is 5.92. The van der Waals surface area contributed by atoms with Crippen molar-refractivity contribution in [2.24, 2.45) is 5.92 Å². The molecule has 4 heteroatoms. The number of aromatic carboxylic acids is 1. The second kappa shape index (κ2) is 5.49. The van der Waals surface area contributed by atoms with Crippen molar-refractivity contribution in [1.82, 2.24) is 4.98 Å². The zero-order valence-corrected chi connectivity index (χ0v) is 9.97. The fourth-order valence-electron chi connectivity index (χ4n) is 1.44. The van der Waals surface area contributed by atoms with Crippen LogP contribution in [0.15, 0.2) is 18.3 Å². The first-order valence-corrected chi connectivity index (χ1v) is 5.41. The molecule has 0 bridgehead atoms. The Bertz CT molecular complexity index is 364. The van der Waals surface area contributed by atoms with E-state index < -0.39 is 5.97 Å². The summed E-state index contributed by atoms with van der Waals surface area (Å²) >= 11 is 0. The van der Waals surface area contributed by atoms with E-state index >= 15 is 0 Å². The predicted octanol–water partition coefficient (Wildman–Crippen LogP) is 2.26. The molecule has 1 N–H and O–H groups in total. The van der Waals surface area contributed by atoms with Crippen LogP contribution in [-0.4, -0.2) is 29.7 Å². The number of pyridine rings is 1. The second-order valence-electron chi connectivity index (χ2n) is 4.28. The van der Waals surface area contributed by atoms with Crippen LogP contribution in [0, 0.1) is 5.92 Å². The van der Waals surface area contributed by atoms with Crippen LogP contribution in [0.2, 0.25) is 0 Å². The Hall–Kier alpha value is -1.58. The Labute approximate surface area is 95.9 Å². The van der Waals surface area contributed by atoms with Gasteiger partial charge in [0.1, 0.15) is 0 Å². The van der Waals surface area contributed by atoms with E-state index in [1.54, 1.807) is 12.1 Å². The minimum Gasteiger partial charge on any atom is -0.476 e. The lowest BCUT2D eigenvalue weighted by Crippen LogP contribution is -2.22. The minimum atomic E-state index is -0.980. The largest absolute Gasteiger partial charge is 0.476 e. The summed E-state index contributed by atoms with van der Waals surface area (Å²) in [6, 6.07) is 3.55. The average molecular weight is 222 g/mol. The van der Waals surface area contributed by atoms with E-state index in [2.05, 4.69) is 18.8 Å². The van der Waals surface area contributed by atoms with E-state index in [-0.39, 0.29) is 5.69 Å². The SMILES string of the molecule is CC(C)CCN(C)c1cccnc1C(=O)O. The standard InChI is InChI=1S/C12H18N2O2/c1-9(2)6-8-14(3)10-5-4-7-13-11(10)12(15)16/h4-5,7,9H,6,8H2,1-3H3,(H,15,16). The first-order valence-electron chi connectivity index (χ1n) is 5.41. The lowest BCUT2D eigenvalue weighted by atomic mass is 10.1. The Morgan fingerprint density at radius 3 is 2.81 bits per heavy atom. The molecule has 0 atom stereocenters. The van der Waals surface area contributed by atoms with Gasteiger partial charge in [0, 0.05) is 19.8 Å². The summed E-state index contributed by atoms with van der Waals surface area (Å²) in [5.41, 5.74) is 0.796. The molecule has 0 spiro atoms. The molecule has 0 aliphatic carbocycles. The molecule has 0 amide bonds. The smallest absolute Gasteiger partial charge is 0.356 e. The summed E-state index contributed by atoms with van der Waals surface area (Å²) < 4.78 is 0. The first kappa shape index (κ1) is 12.5. The maximum atomic E-state index is 11.0. The normalized spacial score (nSPS) is 10.5. The molecule has 1 aromatic heterocycles. The highest BCUT2D eigenvalue weighted by Crippen LogP contribution is 2.17. The van der Waals surface area contributed by atoms with Crippen LogP contribution in [0.25, 0.3) is 0 Å². The van der Waals surface area contributed by atoms with Crippen molar-refractivity contribution >= 4 is 11.7 Å². The maximum absolute atomic E-state index is 11.0. The van der Waals surface area contributed by atoms with Gasteiger partial charge in [-0.3, -0.25) is 0 Å². The van der Waals surface area contributed by atoms with Gasteiger partial charge in [-0.05, 0) is 24.5 Å². The fraction of sp³-hybridized carbons (Fsp3) is 0.500. The van der Waals surface area contributed by atoms with E-state index in [0.717, 1.165) is 13.0 Å². The van der Waals surface area contributed by atoms with Crippen LogP contribution in [0.3, 0.4) is 0 Å². The molecule has 16 heavy (non-hydrogen) atoms. The molecular weight excluding hydrogens is 204 g/mol. The van der Waals surface area contributed by atoms with Gasteiger partial charge in [0.2, 0.25) is 0 Å². The lowest BCUT2D eigenvalue weighted by molar-refractivity contribution is 0.0691. The number of rotatable bonds is 5. The number of hydrogen-bond donors (Lipinski definition) is 1. The van der Waals surface area contributed by atoms with Crippen LogP contribution < -0.4 is 4.90 Å². The van der Waals surface area contributed by atoms with Crippen molar-refractivity contribution in [1.29, 1.82) is 0 Å². The first-order chi connectivity index (χ1) is 7.52. The maximum Gasteiger partial charge on any atom is 0.356 e. The van der Waals surface area contributed by atoms with E-state index in [0.29, 0.717) is 11.6 Å². The molecule has 0 aliphatic rings. The van der Waals surface area contributed by atoms with Gasteiger partial charge >= 0.3 is 5.97 Å².